The molecule has 2 aliphatic heterocycles. The van der Waals surface area contributed by atoms with Crippen molar-refractivity contribution in [2.24, 2.45) is 4.99 Å². The van der Waals surface area contributed by atoms with E-state index in [2.05, 4.69) is 81.1 Å². The largest absolute Gasteiger partial charge is 0.422 e. The van der Waals surface area contributed by atoms with Crippen molar-refractivity contribution in [2.45, 2.75) is 38.5 Å². The molecule has 0 saturated heterocycles. The van der Waals surface area contributed by atoms with Gasteiger partial charge in [0.2, 0.25) is 0 Å². The van der Waals surface area contributed by atoms with Gasteiger partial charge in [0.1, 0.15) is 11.1 Å². The summed E-state index contributed by atoms with van der Waals surface area (Å²) in [5.41, 5.74) is 10.4. The summed E-state index contributed by atoms with van der Waals surface area (Å²) in [5, 5.41) is 7.13. The van der Waals surface area contributed by atoms with E-state index in [0.717, 1.165) is 79.3 Å². The molecule has 5 heterocycles. The van der Waals surface area contributed by atoms with Crippen LogP contribution in [0, 0.1) is 0 Å². The number of nitrogens with one attached hydrogen (secondary N) is 3. The van der Waals surface area contributed by atoms with Gasteiger partial charge in [-0.2, -0.15) is 0 Å². The number of nitrogens with zero attached hydrogens (tertiary/aromatic N) is 2. The topological polar surface area (TPSA) is 89.4 Å². The fourth-order valence-electron chi connectivity index (χ4n) is 7.18. The lowest BCUT2D eigenvalue weighted by atomic mass is 9.89. The van der Waals surface area contributed by atoms with E-state index in [-0.39, 0.29) is 5.63 Å². The molecule has 0 spiro atoms. The van der Waals surface area contributed by atoms with E-state index in [1.807, 2.05) is 6.07 Å². The number of hydrogen-bond acceptors (Lipinski definition) is 5. The van der Waals surface area contributed by atoms with Crippen molar-refractivity contribution in [3.8, 4) is 0 Å². The second kappa shape index (κ2) is 10.8. The van der Waals surface area contributed by atoms with Gasteiger partial charge in [-0.25, -0.2) is 4.79 Å². The fraction of sp³-hybridized carbons (Fsp3) is 0.278. The van der Waals surface area contributed by atoms with E-state index in [9.17, 15) is 4.79 Å². The highest BCUT2D eigenvalue weighted by molar-refractivity contribution is 6.03. The van der Waals surface area contributed by atoms with Crippen molar-refractivity contribution in [1.29, 1.82) is 0 Å². The highest BCUT2D eigenvalue weighted by Crippen LogP contribution is 2.41. The van der Waals surface area contributed by atoms with E-state index >= 15 is 0 Å². The molecule has 7 heteroatoms. The Bertz CT molecular complexity index is 2060. The van der Waals surface area contributed by atoms with Crippen LogP contribution in [0.1, 0.15) is 40.7 Å². The molecule has 0 radical (unpaired) electrons. The molecule has 6 aromatic rings. The molecular formula is C36H35N5O2. The number of para-hydroxylation sites is 2. The number of aliphatic imine (C=N–C) groups is 1. The zero-order valence-electron chi connectivity index (χ0n) is 24.2. The number of fused-ring (bicyclic) bond motifs is 4. The number of hydrogen-bond donors (Lipinski definition) is 3. The van der Waals surface area contributed by atoms with Crippen molar-refractivity contribution in [3.63, 3.8) is 0 Å². The third-order valence-corrected chi connectivity index (χ3v) is 9.20. The lowest BCUT2D eigenvalue weighted by Crippen LogP contribution is -2.34. The molecule has 0 amide bonds. The fourth-order valence-corrected chi connectivity index (χ4v) is 7.18. The summed E-state index contributed by atoms with van der Waals surface area (Å²) < 4.78 is 6.15. The summed E-state index contributed by atoms with van der Waals surface area (Å²) in [4.78, 5) is 27.6. The van der Waals surface area contributed by atoms with Crippen LogP contribution < -0.4 is 15.8 Å². The first-order valence-electron chi connectivity index (χ1n) is 15.5. The van der Waals surface area contributed by atoms with Gasteiger partial charge in [-0.1, -0.05) is 36.4 Å². The third-order valence-electron chi connectivity index (χ3n) is 9.20. The summed E-state index contributed by atoms with van der Waals surface area (Å²) in [6, 6.07) is 19.0. The average Bonchev–Trinajstić information content (AvgIpc) is 3.65. The standard InChI is InChI=1S/C36H35N5O2/c42-36-30(22-37-15-13-24-20-39-31-11-3-1-8-26(24)31)33(38-16-14-25-21-40-32-12-4-2-9-27(25)32)29-19-23-7-5-17-41-18-6-10-28(34(23)41)35(29)43-36/h1-4,8-9,11-12,19-22,38-40H,5-7,10,13-18H2. The van der Waals surface area contributed by atoms with Gasteiger partial charge in [0.05, 0.1) is 5.69 Å². The molecular weight excluding hydrogens is 534 g/mol. The van der Waals surface area contributed by atoms with E-state index in [1.165, 1.54) is 38.7 Å². The highest BCUT2D eigenvalue weighted by Gasteiger charge is 2.28. The number of rotatable bonds is 8. The predicted molar refractivity (Wildman–Crippen MR) is 176 cm³/mol. The second-order valence-corrected chi connectivity index (χ2v) is 11.8. The maximum absolute atomic E-state index is 13.6. The van der Waals surface area contributed by atoms with Crippen molar-refractivity contribution < 1.29 is 4.42 Å². The lowest BCUT2D eigenvalue weighted by molar-refractivity contribution is 0.549. The Morgan fingerprint density at radius 3 is 2.35 bits per heavy atom. The SMILES string of the molecule is O=c1oc2c3c4c(cc2c(NCCc2c[nH]c5ccccc25)c1C=NCCc1c[nH]c2ccccc12)CCCN4CCC3. The van der Waals surface area contributed by atoms with Crippen LogP contribution >= 0.6 is 0 Å². The van der Waals surface area contributed by atoms with Crippen LogP contribution in [0.25, 0.3) is 32.8 Å². The number of aryl methyl sites for hydroxylation is 2. The number of aromatic nitrogens is 2. The minimum absolute atomic E-state index is 0.331. The van der Waals surface area contributed by atoms with Gasteiger partial charge in [-0.15, -0.1) is 0 Å². The monoisotopic (exact) mass is 569 g/mol. The van der Waals surface area contributed by atoms with Gasteiger partial charge in [0, 0.05) is 83.2 Å². The van der Waals surface area contributed by atoms with Gasteiger partial charge in [0.15, 0.2) is 0 Å². The zero-order chi connectivity index (χ0) is 28.8. The third kappa shape index (κ3) is 4.60. The van der Waals surface area contributed by atoms with Gasteiger partial charge in [0.25, 0.3) is 0 Å². The van der Waals surface area contributed by atoms with Gasteiger partial charge in [-0.05, 0) is 73.4 Å². The number of aromatic amines is 2. The quantitative estimate of drug-likeness (QED) is 0.139. The Kier molecular flexibility index (Phi) is 6.51. The van der Waals surface area contributed by atoms with Crippen LogP contribution in [0.4, 0.5) is 11.4 Å². The summed E-state index contributed by atoms with van der Waals surface area (Å²) in [6.45, 7) is 3.42. The number of benzene rings is 3. The van der Waals surface area contributed by atoms with E-state index in [1.54, 1.807) is 6.21 Å². The molecule has 0 fully saturated rings. The molecule has 8 rings (SSSR count). The molecule has 0 aliphatic carbocycles. The predicted octanol–water partition coefficient (Wildman–Crippen LogP) is 6.77. The molecule has 0 bridgehead atoms. The Labute approximate surface area is 249 Å². The van der Waals surface area contributed by atoms with Gasteiger partial charge in [-0.3, -0.25) is 4.99 Å². The zero-order valence-corrected chi connectivity index (χ0v) is 24.2. The van der Waals surface area contributed by atoms with E-state index in [4.69, 9.17) is 9.41 Å². The average molecular weight is 570 g/mol. The van der Waals surface area contributed by atoms with Crippen LogP contribution in [0.15, 0.2) is 81.2 Å². The molecule has 3 N–H and O–H groups in total. The van der Waals surface area contributed by atoms with Crippen LogP contribution in [0.3, 0.4) is 0 Å². The minimum atomic E-state index is -0.331. The molecule has 216 valence electrons. The van der Waals surface area contributed by atoms with E-state index < -0.39 is 0 Å². The first-order chi connectivity index (χ1) is 21.2. The Morgan fingerprint density at radius 2 is 1.58 bits per heavy atom. The van der Waals surface area contributed by atoms with Crippen molar-refractivity contribution >= 4 is 50.4 Å². The maximum atomic E-state index is 13.6. The first kappa shape index (κ1) is 25.9. The second-order valence-electron chi connectivity index (χ2n) is 11.8. The molecule has 3 aromatic carbocycles. The molecule has 0 unspecified atom stereocenters. The smallest absolute Gasteiger partial charge is 0.347 e. The van der Waals surface area contributed by atoms with Gasteiger partial charge < -0.3 is 24.6 Å². The Balaban J connectivity index is 1.15. The Morgan fingerprint density at radius 1 is 0.884 bits per heavy atom. The summed E-state index contributed by atoms with van der Waals surface area (Å²) in [5.74, 6) is 0. The molecule has 3 aromatic heterocycles. The molecule has 7 nitrogen and oxygen atoms in total. The summed E-state index contributed by atoms with van der Waals surface area (Å²) >= 11 is 0. The van der Waals surface area contributed by atoms with Crippen molar-refractivity contribution in [1.82, 2.24) is 9.97 Å². The van der Waals surface area contributed by atoms with Crippen molar-refractivity contribution in [3.05, 3.63) is 105 Å². The van der Waals surface area contributed by atoms with Crippen LogP contribution in [-0.2, 0) is 25.7 Å². The summed E-state index contributed by atoms with van der Waals surface area (Å²) in [7, 11) is 0. The minimum Gasteiger partial charge on any atom is -0.422 e. The van der Waals surface area contributed by atoms with Crippen molar-refractivity contribution in [2.75, 3.05) is 36.4 Å². The first-order valence-corrected chi connectivity index (χ1v) is 15.5. The van der Waals surface area contributed by atoms with E-state index in [0.29, 0.717) is 18.7 Å². The van der Waals surface area contributed by atoms with Crippen LogP contribution in [-0.4, -0.2) is 42.4 Å². The molecule has 0 atom stereocenters. The highest BCUT2D eigenvalue weighted by atomic mass is 16.4. The normalized spacial score (nSPS) is 14.7. The van der Waals surface area contributed by atoms with Crippen LogP contribution in [0.5, 0.6) is 0 Å². The Hall–Kier alpha value is -4.78. The molecule has 2 aliphatic rings. The number of H-pyrrole nitrogens is 2. The lowest BCUT2D eigenvalue weighted by Gasteiger charge is -2.37. The van der Waals surface area contributed by atoms with Gasteiger partial charge >= 0.3 is 5.63 Å². The summed E-state index contributed by atoms with van der Waals surface area (Å²) in [6.07, 6.45) is 11.7. The molecule has 0 saturated carbocycles. The maximum Gasteiger partial charge on any atom is 0.347 e. The van der Waals surface area contributed by atoms with Crippen LogP contribution in [0.2, 0.25) is 0 Å². The number of anilines is 2. The molecule has 43 heavy (non-hydrogen) atoms.